The van der Waals surface area contributed by atoms with Gasteiger partial charge in [-0.25, -0.2) is 10.3 Å². The SMILES string of the molecule is C/C(NOC(=O)C1CCCNC1)=C1\CC[C@H]2[C@@H]3CCC4=CC(=O)CC[C@]4(C)[C@H]3CC[C@]12C. The topological polar surface area (TPSA) is 67.4 Å². The van der Waals surface area contributed by atoms with Crippen molar-refractivity contribution in [2.75, 3.05) is 13.1 Å². The number of allylic oxidation sites excluding steroid dienone is 3. The molecule has 5 rings (SSSR count). The van der Waals surface area contributed by atoms with E-state index in [0.29, 0.717) is 17.6 Å². The minimum absolute atomic E-state index is 0.0380. The van der Waals surface area contributed by atoms with Gasteiger partial charge in [0.05, 0.1) is 5.92 Å². The third kappa shape index (κ3) is 3.55. The summed E-state index contributed by atoms with van der Waals surface area (Å²) in [6.07, 6.45) is 12.8. The van der Waals surface area contributed by atoms with Gasteiger partial charge in [0.25, 0.3) is 0 Å². The zero-order chi connectivity index (χ0) is 22.5. The smallest absolute Gasteiger partial charge is 0.336 e. The number of carbonyl (C=O) groups is 2. The van der Waals surface area contributed by atoms with Crippen LogP contribution in [-0.4, -0.2) is 24.8 Å². The van der Waals surface area contributed by atoms with E-state index in [0.717, 1.165) is 63.2 Å². The van der Waals surface area contributed by atoms with Gasteiger partial charge < -0.3 is 10.2 Å². The number of carbonyl (C=O) groups excluding carboxylic acids is 2. The monoisotopic (exact) mass is 440 g/mol. The van der Waals surface area contributed by atoms with Crippen LogP contribution in [0.25, 0.3) is 0 Å². The van der Waals surface area contributed by atoms with Crippen molar-refractivity contribution >= 4 is 11.8 Å². The predicted octanol–water partition coefficient (Wildman–Crippen LogP) is 4.84. The largest absolute Gasteiger partial charge is 0.343 e. The highest BCUT2D eigenvalue weighted by Crippen LogP contribution is 2.66. The number of rotatable bonds is 3. The van der Waals surface area contributed by atoms with Gasteiger partial charge in [-0.05, 0) is 111 Å². The van der Waals surface area contributed by atoms with Gasteiger partial charge >= 0.3 is 5.97 Å². The Hall–Kier alpha value is -1.62. The maximum Gasteiger partial charge on any atom is 0.336 e. The third-order valence-electron chi connectivity index (χ3n) is 10.1. The molecule has 1 aliphatic heterocycles. The molecule has 4 fully saturated rings. The van der Waals surface area contributed by atoms with E-state index in [1.165, 1.54) is 36.8 Å². The second-order valence-corrected chi connectivity index (χ2v) is 11.6. The summed E-state index contributed by atoms with van der Waals surface area (Å²) in [7, 11) is 0. The Morgan fingerprint density at radius 3 is 2.66 bits per heavy atom. The van der Waals surface area contributed by atoms with Gasteiger partial charge in [0.15, 0.2) is 5.78 Å². The van der Waals surface area contributed by atoms with Crippen LogP contribution in [-0.2, 0) is 14.4 Å². The number of hydrogen-bond donors (Lipinski definition) is 2. The van der Waals surface area contributed by atoms with Crippen molar-refractivity contribution in [2.24, 2.45) is 34.5 Å². The summed E-state index contributed by atoms with van der Waals surface area (Å²) < 4.78 is 0. The lowest BCUT2D eigenvalue weighted by atomic mass is 9.47. The van der Waals surface area contributed by atoms with Gasteiger partial charge in [-0.1, -0.05) is 19.4 Å². The Bertz CT molecular complexity index is 855. The maximum absolute atomic E-state index is 12.5. The van der Waals surface area contributed by atoms with E-state index in [1.807, 2.05) is 6.08 Å². The number of fused-ring (bicyclic) bond motifs is 5. The highest BCUT2D eigenvalue weighted by molar-refractivity contribution is 5.91. The zero-order valence-electron chi connectivity index (χ0n) is 20.1. The molecule has 0 bridgehead atoms. The first kappa shape index (κ1) is 22.2. The molecule has 5 heteroatoms. The van der Waals surface area contributed by atoms with Gasteiger partial charge in [0.1, 0.15) is 0 Å². The molecule has 0 aromatic carbocycles. The lowest BCUT2D eigenvalue weighted by molar-refractivity contribution is -0.155. The minimum atomic E-state index is -0.132. The molecule has 6 atom stereocenters. The summed E-state index contributed by atoms with van der Waals surface area (Å²) in [6, 6.07) is 0. The molecule has 5 aliphatic rings. The van der Waals surface area contributed by atoms with E-state index in [2.05, 4.69) is 31.6 Å². The second-order valence-electron chi connectivity index (χ2n) is 11.6. The predicted molar refractivity (Wildman–Crippen MR) is 124 cm³/mol. The molecule has 0 radical (unpaired) electrons. The van der Waals surface area contributed by atoms with Gasteiger partial charge in [0.2, 0.25) is 0 Å². The number of hydroxylamine groups is 1. The molecule has 1 unspecified atom stereocenters. The summed E-state index contributed by atoms with van der Waals surface area (Å²) in [6.45, 7) is 8.72. The van der Waals surface area contributed by atoms with Crippen molar-refractivity contribution < 1.29 is 14.4 Å². The Morgan fingerprint density at radius 1 is 1.06 bits per heavy atom. The van der Waals surface area contributed by atoms with Crippen molar-refractivity contribution in [1.82, 2.24) is 10.8 Å². The van der Waals surface area contributed by atoms with Crippen LogP contribution in [0.3, 0.4) is 0 Å². The maximum atomic E-state index is 12.5. The summed E-state index contributed by atoms with van der Waals surface area (Å²) >= 11 is 0. The van der Waals surface area contributed by atoms with E-state index in [1.54, 1.807) is 0 Å². The van der Waals surface area contributed by atoms with Crippen LogP contribution < -0.4 is 10.8 Å². The van der Waals surface area contributed by atoms with Crippen LogP contribution in [0.2, 0.25) is 0 Å². The molecule has 0 aromatic heterocycles. The van der Waals surface area contributed by atoms with E-state index in [4.69, 9.17) is 4.84 Å². The minimum Gasteiger partial charge on any atom is -0.343 e. The van der Waals surface area contributed by atoms with Crippen LogP contribution in [0.5, 0.6) is 0 Å². The quantitative estimate of drug-likeness (QED) is 0.615. The molecule has 4 aliphatic carbocycles. The van der Waals surface area contributed by atoms with Crippen LogP contribution >= 0.6 is 0 Å². The fourth-order valence-corrected chi connectivity index (χ4v) is 8.31. The lowest BCUT2D eigenvalue weighted by Crippen LogP contribution is -2.49. The van der Waals surface area contributed by atoms with E-state index in [9.17, 15) is 9.59 Å². The first-order valence-electron chi connectivity index (χ1n) is 12.9. The molecule has 1 heterocycles. The van der Waals surface area contributed by atoms with Crippen molar-refractivity contribution in [3.8, 4) is 0 Å². The number of ketones is 1. The summed E-state index contributed by atoms with van der Waals surface area (Å²) in [5.74, 6) is 2.31. The Kier molecular flexibility index (Phi) is 5.76. The second kappa shape index (κ2) is 8.30. The van der Waals surface area contributed by atoms with Gasteiger partial charge in [-0.3, -0.25) is 4.79 Å². The molecule has 0 aromatic rings. The first-order chi connectivity index (χ1) is 15.3. The molecule has 32 heavy (non-hydrogen) atoms. The van der Waals surface area contributed by atoms with Crippen molar-refractivity contribution in [1.29, 1.82) is 0 Å². The lowest BCUT2D eigenvalue weighted by Gasteiger charge is -2.57. The fraction of sp³-hybridized carbons (Fsp3) is 0.778. The molecule has 3 saturated carbocycles. The summed E-state index contributed by atoms with van der Waals surface area (Å²) in [4.78, 5) is 30.1. The zero-order valence-corrected chi connectivity index (χ0v) is 20.1. The Morgan fingerprint density at radius 2 is 1.88 bits per heavy atom. The molecule has 0 spiro atoms. The number of piperidine rings is 1. The average Bonchev–Trinajstić information content (AvgIpc) is 3.15. The molecule has 2 N–H and O–H groups in total. The van der Waals surface area contributed by atoms with Crippen LogP contribution in [0.15, 0.2) is 22.9 Å². The van der Waals surface area contributed by atoms with Crippen LogP contribution in [0.1, 0.15) is 85.0 Å². The van der Waals surface area contributed by atoms with Crippen LogP contribution in [0.4, 0.5) is 0 Å². The van der Waals surface area contributed by atoms with Crippen molar-refractivity contribution in [3.05, 3.63) is 22.9 Å². The summed E-state index contributed by atoms with van der Waals surface area (Å²) in [5.41, 5.74) is 7.45. The third-order valence-corrected chi connectivity index (χ3v) is 10.1. The Balaban J connectivity index is 1.31. The molecular formula is C27H40N2O3. The van der Waals surface area contributed by atoms with Gasteiger partial charge in [-0.15, -0.1) is 0 Å². The van der Waals surface area contributed by atoms with Gasteiger partial charge in [0, 0.05) is 18.7 Å². The van der Waals surface area contributed by atoms with Crippen molar-refractivity contribution in [2.45, 2.75) is 85.0 Å². The normalized spacial score (nSPS) is 42.8. The highest BCUT2D eigenvalue weighted by Gasteiger charge is 2.57. The standard InChI is InChI=1S/C27H40N2O3/c1-17(29-32-25(31)18-5-4-14-28-16-18)22-8-9-23-21-7-6-19-15-20(30)10-12-26(19,2)24(21)11-13-27(22,23)3/h15,18,21,23-24,28-29H,4-14,16H2,1-3H3/b22-17-/t18?,21-,23-,24-,26-,27+/m0/s1. The average molecular weight is 441 g/mol. The summed E-state index contributed by atoms with van der Waals surface area (Å²) in [5, 5.41) is 3.29. The Labute approximate surface area is 192 Å². The van der Waals surface area contributed by atoms with Crippen LogP contribution in [0, 0.1) is 34.5 Å². The molecule has 0 amide bonds. The molecule has 1 saturated heterocycles. The first-order valence-corrected chi connectivity index (χ1v) is 12.9. The molecular weight excluding hydrogens is 400 g/mol. The van der Waals surface area contributed by atoms with Gasteiger partial charge in [-0.2, -0.15) is 0 Å². The fourth-order valence-electron chi connectivity index (χ4n) is 8.31. The highest BCUT2D eigenvalue weighted by atomic mass is 16.7. The molecule has 176 valence electrons. The van der Waals surface area contributed by atoms with E-state index < -0.39 is 0 Å². The molecule has 5 nitrogen and oxygen atoms in total. The number of nitrogens with one attached hydrogen (secondary N) is 2. The van der Waals surface area contributed by atoms with E-state index >= 15 is 0 Å². The number of hydrogen-bond acceptors (Lipinski definition) is 5. The van der Waals surface area contributed by atoms with Crippen molar-refractivity contribution in [3.63, 3.8) is 0 Å². The van der Waals surface area contributed by atoms with E-state index in [-0.39, 0.29) is 22.7 Å².